The summed E-state index contributed by atoms with van der Waals surface area (Å²) in [5.41, 5.74) is 8.50. The molecule has 0 spiro atoms. The number of rotatable bonds is 4. The van der Waals surface area contributed by atoms with Crippen molar-refractivity contribution in [2.24, 2.45) is 0 Å². The second-order valence-corrected chi connectivity index (χ2v) is 6.70. The number of carbonyl (C=O) groups is 1. The van der Waals surface area contributed by atoms with Gasteiger partial charge in [-0.05, 0) is 60.9 Å². The van der Waals surface area contributed by atoms with Gasteiger partial charge in [0.2, 0.25) is 0 Å². The van der Waals surface area contributed by atoms with Gasteiger partial charge < -0.3 is 5.11 Å². The second kappa shape index (κ2) is 9.27. The maximum absolute atomic E-state index is 9.37. The van der Waals surface area contributed by atoms with Gasteiger partial charge in [-0.25, -0.2) is 0 Å². The van der Waals surface area contributed by atoms with Crippen molar-refractivity contribution in [2.45, 2.75) is 60.3 Å². The fourth-order valence-corrected chi connectivity index (χ4v) is 2.76. The third kappa shape index (κ3) is 6.19. The van der Waals surface area contributed by atoms with Crippen LogP contribution in [-0.4, -0.2) is 11.1 Å². The molecule has 2 aromatic carbocycles. The minimum absolute atomic E-state index is 0.222. The van der Waals surface area contributed by atoms with Crippen LogP contribution >= 0.6 is 0 Å². The van der Waals surface area contributed by atoms with E-state index in [2.05, 4.69) is 71.0 Å². The van der Waals surface area contributed by atoms with Crippen molar-refractivity contribution in [1.29, 1.82) is 0 Å². The van der Waals surface area contributed by atoms with E-state index in [1.165, 1.54) is 33.4 Å². The van der Waals surface area contributed by atoms with Gasteiger partial charge in [0.05, 0.1) is 0 Å². The Balaban J connectivity index is 0.000000505. The molecule has 0 aliphatic rings. The van der Waals surface area contributed by atoms with Crippen LogP contribution in [0.15, 0.2) is 36.4 Å². The van der Waals surface area contributed by atoms with Crippen LogP contribution in [0.3, 0.4) is 0 Å². The summed E-state index contributed by atoms with van der Waals surface area (Å²) in [7, 11) is 0. The fourth-order valence-electron chi connectivity index (χ4n) is 2.76. The Kier molecular flexibility index (Phi) is 7.70. The maximum Gasteiger partial charge on any atom is 0.303 e. The maximum atomic E-state index is 9.37. The molecule has 2 aromatic rings. The summed E-state index contributed by atoms with van der Waals surface area (Å²) in [5, 5.41) is 7.72. The molecule has 2 nitrogen and oxygen atoms in total. The predicted molar refractivity (Wildman–Crippen MR) is 102 cm³/mol. The molecule has 0 amide bonds. The Morgan fingerprint density at radius 1 is 1.04 bits per heavy atom. The van der Waals surface area contributed by atoms with E-state index in [1.807, 2.05) is 0 Å². The standard InChI is InChI=1S/C19H24.C3H6O2/c1-13(2)18-8-6-7-17(11-18)12-19-15(4)9-14(3)10-16(19)5;1-2-3(4)5/h6-11,13H,12H2,1-5H3;2H2,1H3,(H,4,5). The van der Waals surface area contributed by atoms with Gasteiger partial charge in [-0.3, -0.25) is 4.79 Å². The van der Waals surface area contributed by atoms with Crippen LogP contribution in [0.4, 0.5) is 0 Å². The van der Waals surface area contributed by atoms with Crippen molar-refractivity contribution in [3.05, 3.63) is 69.8 Å². The molecule has 0 atom stereocenters. The van der Waals surface area contributed by atoms with Gasteiger partial charge in [-0.1, -0.05) is 62.7 Å². The molecule has 0 saturated carbocycles. The van der Waals surface area contributed by atoms with Crippen molar-refractivity contribution >= 4 is 5.97 Å². The number of carboxylic acids is 1. The average molecular weight is 326 g/mol. The number of aliphatic carboxylic acids is 1. The van der Waals surface area contributed by atoms with E-state index in [-0.39, 0.29) is 6.42 Å². The van der Waals surface area contributed by atoms with Crippen molar-refractivity contribution in [2.75, 3.05) is 0 Å². The Morgan fingerprint density at radius 2 is 1.58 bits per heavy atom. The number of hydrogen-bond acceptors (Lipinski definition) is 1. The lowest BCUT2D eigenvalue weighted by molar-refractivity contribution is -0.136. The summed E-state index contributed by atoms with van der Waals surface area (Å²) in [5.74, 6) is -0.148. The molecular weight excluding hydrogens is 296 g/mol. The summed E-state index contributed by atoms with van der Waals surface area (Å²) < 4.78 is 0. The lowest BCUT2D eigenvalue weighted by atomic mass is 9.92. The molecule has 0 aliphatic heterocycles. The third-order valence-electron chi connectivity index (χ3n) is 4.14. The van der Waals surface area contributed by atoms with Gasteiger partial charge in [-0.2, -0.15) is 0 Å². The van der Waals surface area contributed by atoms with Crippen LogP contribution in [0.2, 0.25) is 0 Å². The number of benzene rings is 2. The van der Waals surface area contributed by atoms with Crippen molar-refractivity contribution in [1.82, 2.24) is 0 Å². The molecule has 130 valence electrons. The molecule has 1 N–H and O–H groups in total. The first-order valence-corrected chi connectivity index (χ1v) is 8.61. The first-order valence-electron chi connectivity index (χ1n) is 8.61. The highest BCUT2D eigenvalue weighted by atomic mass is 16.4. The lowest BCUT2D eigenvalue weighted by Gasteiger charge is -2.13. The first kappa shape index (κ1) is 20.0. The molecule has 0 bridgehead atoms. The van der Waals surface area contributed by atoms with Crippen LogP contribution in [0.1, 0.15) is 66.5 Å². The van der Waals surface area contributed by atoms with E-state index < -0.39 is 5.97 Å². The minimum atomic E-state index is -0.745. The molecule has 0 aromatic heterocycles. The molecule has 2 heteroatoms. The van der Waals surface area contributed by atoms with Gasteiger partial charge in [0.25, 0.3) is 0 Å². The zero-order valence-electron chi connectivity index (χ0n) is 15.8. The summed E-state index contributed by atoms with van der Waals surface area (Å²) in [4.78, 5) is 9.37. The molecule has 0 radical (unpaired) electrons. The Morgan fingerprint density at radius 3 is 2.04 bits per heavy atom. The lowest BCUT2D eigenvalue weighted by Crippen LogP contribution is -1.98. The van der Waals surface area contributed by atoms with Crippen molar-refractivity contribution in [3.8, 4) is 0 Å². The number of hydrogen-bond donors (Lipinski definition) is 1. The van der Waals surface area contributed by atoms with Gasteiger partial charge >= 0.3 is 5.97 Å². The zero-order valence-corrected chi connectivity index (χ0v) is 15.8. The normalized spacial score (nSPS) is 10.3. The van der Waals surface area contributed by atoms with Crippen LogP contribution in [0.5, 0.6) is 0 Å². The number of carboxylic acid groups (broad SMARTS) is 1. The van der Waals surface area contributed by atoms with Gasteiger partial charge in [0.1, 0.15) is 0 Å². The predicted octanol–water partition coefficient (Wildman–Crippen LogP) is 5.81. The quantitative estimate of drug-likeness (QED) is 0.770. The van der Waals surface area contributed by atoms with Crippen LogP contribution < -0.4 is 0 Å². The molecular formula is C22H30O2. The summed E-state index contributed by atoms with van der Waals surface area (Å²) in [6.07, 6.45) is 1.26. The molecule has 0 unspecified atom stereocenters. The largest absolute Gasteiger partial charge is 0.481 e. The third-order valence-corrected chi connectivity index (χ3v) is 4.14. The van der Waals surface area contributed by atoms with E-state index in [0.717, 1.165) is 6.42 Å². The zero-order chi connectivity index (χ0) is 18.3. The molecule has 0 fully saturated rings. The fraction of sp³-hybridized carbons (Fsp3) is 0.409. The van der Waals surface area contributed by atoms with Gasteiger partial charge in [0.15, 0.2) is 0 Å². The summed E-state index contributed by atoms with van der Waals surface area (Å²) in [6, 6.07) is 13.6. The van der Waals surface area contributed by atoms with Crippen molar-refractivity contribution in [3.63, 3.8) is 0 Å². The van der Waals surface area contributed by atoms with E-state index in [0.29, 0.717) is 5.92 Å². The molecule has 2 rings (SSSR count). The highest BCUT2D eigenvalue weighted by Crippen LogP contribution is 2.22. The Bertz CT molecular complexity index is 661. The highest BCUT2D eigenvalue weighted by Gasteiger charge is 2.06. The summed E-state index contributed by atoms with van der Waals surface area (Å²) in [6.45, 7) is 12.7. The van der Waals surface area contributed by atoms with Crippen LogP contribution in [0.25, 0.3) is 0 Å². The Hall–Kier alpha value is -2.09. The number of aryl methyl sites for hydroxylation is 3. The minimum Gasteiger partial charge on any atom is -0.481 e. The highest BCUT2D eigenvalue weighted by molar-refractivity contribution is 5.66. The molecule has 0 saturated heterocycles. The molecule has 0 aliphatic carbocycles. The topological polar surface area (TPSA) is 37.3 Å². The first-order chi connectivity index (χ1) is 11.2. The van der Waals surface area contributed by atoms with E-state index in [1.54, 1.807) is 6.92 Å². The average Bonchev–Trinajstić information content (AvgIpc) is 2.51. The van der Waals surface area contributed by atoms with Crippen LogP contribution in [-0.2, 0) is 11.2 Å². The summed E-state index contributed by atoms with van der Waals surface area (Å²) >= 11 is 0. The SMILES string of the molecule is CCC(=O)O.Cc1cc(C)c(Cc2cccc(C(C)C)c2)c(C)c1. The van der Waals surface area contributed by atoms with E-state index in [4.69, 9.17) is 5.11 Å². The Labute approximate surface area is 146 Å². The monoisotopic (exact) mass is 326 g/mol. The van der Waals surface area contributed by atoms with Crippen molar-refractivity contribution < 1.29 is 9.90 Å². The van der Waals surface area contributed by atoms with Gasteiger partial charge in [-0.15, -0.1) is 0 Å². The van der Waals surface area contributed by atoms with E-state index in [9.17, 15) is 4.79 Å². The second-order valence-electron chi connectivity index (χ2n) is 6.70. The smallest absolute Gasteiger partial charge is 0.303 e. The molecule has 0 heterocycles. The van der Waals surface area contributed by atoms with E-state index >= 15 is 0 Å². The van der Waals surface area contributed by atoms with Gasteiger partial charge in [0, 0.05) is 6.42 Å². The molecule has 24 heavy (non-hydrogen) atoms. The van der Waals surface area contributed by atoms with Crippen LogP contribution in [0, 0.1) is 20.8 Å².